The lowest BCUT2D eigenvalue weighted by molar-refractivity contribution is 0.333. The van der Waals surface area contributed by atoms with E-state index in [-0.39, 0.29) is 5.54 Å². The van der Waals surface area contributed by atoms with Crippen LogP contribution in [0.15, 0.2) is 0 Å². The summed E-state index contributed by atoms with van der Waals surface area (Å²) in [5.74, 6) is 0. The van der Waals surface area contributed by atoms with Crippen LogP contribution >= 0.6 is 0 Å². The molecule has 0 unspecified atom stereocenters. The summed E-state index contributed by atoms with van der Waals surface area (Å²) in [5, 5.41) is 0. The summed E-state index contributed by atoms with van der Waals surface area (Å²) in [5.41, 5.74) is 16.6. The molecule has 3 nitrogen and oxygen atoms in total. The van der Waals surface area contributed by atoms with Crippen molar-refractivity contribution in [1.29, 1.82) is 0 Å². The number of nitrogens with two attached hydrogens (primary N) is 3. The van der Waals surface area contributed by atoms with Gasteiger partial charge in [-0.25, -0.2) is 0 Å². The Bertz CT molecular complexity index is 113. The fraction of sp³-hybridized carbons (Fsp3) is 1.00. The highest BCUT2D eigenvalue weighted by molar-refractivity contribution is 4.81. The first kappa shape index (κ1) is 10.9. The van der Waals surface area contributed by atoms with Crippen LogP contribution in [0, 0.1) is 0 Å². The first-order valence-electron chi connectivity index (χ1n) is 4.13. The molecule has 0 radical (unpaired) electrons. The zero-order valence-corrected chi connectivity index (χ0v) is 7.85. The molecule has 0 bridgehead atoms. The lowest BCUT2D eigenvalue weighted by Gasteiger charge is -2.27. The largest absolute Gasteiger partial charge is 0.326 e. The van der Waals surface area contributed by atoms with Crippen molar-refractivity contribution in [1.82, 2.24) is 0 Å². The van der Waals surface area contributed by atoms with Crippen LogP contribution in [0.2, 0.25) is 0 Å². The summed E-state index contributed by atoms with van der Waals surface area (Å²) in [6.07, 6.45) is 2.45. The smallest absolute Gasteiger partial charge is 0.0634 e. The molecule has 0 spiro atoms. The van der Waals surface area contributed by atoms with Crippen molar-refractivity contribution in [3.05, 3.63) is 0 Å². The van der Waals surface area contributed by atoms with Crippen LogP contribution < -0.4 is 17.2 Å². The van der Waals surface area contributed by atoms with Gasteiger partial charge in [0, 0.05) is 5.54 Å². The summed E-state index contributed by atoms with van der Waals surface area (Å²) >= 11 is 0. The molecular formula is C8H21N3. The van der Waals surface area contributed by atoms with Crippen molar-refractivity contribution in [3.63, 3.8) is 0 Å². The molecule has 0 aromatic rings. The molecule has 6 N–H and O–H groups in total. The lowest BCUT2D eigenvalue weighted by Crippen LogP contribution is -2.50. The Morgan fingerprint density at radius 2 is 1.45 bits per heavy atom. The third-order valence-electron chi connectivity index (χ3n) is 1.89. The van der Waals surface area contributed by atoms with Crippen molar-refractivity contribution in [2.24, 2.45) is 17.2 Å². The topological polar surface area (TPSA) is 78.1 Å². The first-order chi connectivity index (χ1) is 4.77. The average molecular weight is 159 g/mol. The minimum absolute atomic E-state index is 0.154. The van der Waals surface area contributed by atoms with E-state index in [1.165, 1.54) is 0 Å². The van der Waals surface area contributed by atoms with E-state index < -0.39 is 5.66 Å². The highest BCUT2D eigenvalue weighted by Gasteiger charge is 2.20. The molecule has 11 heavy (non-hydrogen) atoms. The second-order valence-electron chi connectivity index (χ2n) is 4.08. The molecule has 0 fully saturated rings. The maximum absolute atomic E-state index is 5.79. The van der Waals surface area contributed by atoms with Crippen LogP contribution in [0.3, 0.4) is 0 Å². The number of hydrogen-bond acceptors (Lipinski definition) is 3. The summed E-state index contributed by atoms with van der Waals surface area (Å²) < 4.78 is 0. The van der Waals surface area contributed by atoms with Crippen molar-refractivity contribution in [2.75, 3.05) is 0 Å². The predicted octanol–water partition coefficient (Wildman–Crippen LogP) is 0.528. The Morgan fingerprint density at radius 1 is 1.00 bits per heavy atom. The Balaban J connectivity index is 3.70. The molecule has 0 aliphatic carbocycles. The van der Waals surface area contributed by atoms with Gasteiger partial charge in [0.2, 0.25) is 0 Å². The summed E-state index contributed by atoms with van der Waals surface area (Å²) in [6, 6.07) is 0. The second kappa shape index (κ2) is 3.52. The second-order valence-corrected chi connectivity index (χ2v) is 4.08. The maximum atomic E-state index is 5.79. The van der Waals surface area contributed by atoms with Gasteiger partial charge in [-0.3, -0.25) is 0 Å². The van der Waals surface area contributed by atoms with Gasteiger partial charge < -0.3 is 17.2 Å². The fourth-order valence-electron chi connectivity index (χ4n) is 0.732. The molecule has 0 atom stereocenters. The molecule has 0 aliphatic heterocycles. The zero-order chi connectivity index (χ0) is 9.12. The van der Waals surface area contributed by atoms with Gasteiger partial charge in [0.25, 0.3) is 0 Å². The predicted molar refractivity (Wildman–Crippen MR) is 48.9 cm³/mol. The van der Waals surface area contributed by atoms with E-state index in [1.54, 1.807) is 0 Å². The van der Waals surface area contributed by atoms with Crippen LogP contribution in [0.25, 0.3) is 0 Å². The summed E-state index contributed by atoms with van der Waals surface area (Å²) in [6.45, 7) is 5.96. The Kier molecular flexibility index (Phi) is 3.48. The molecule has 0 saturated heterocycles. The molecule has 0 aromatic heterocycles. The molecule has 0 rings (SSSR count). The van der Waals surface area contributed by atoms with Crippen molar-refractivity contribution >= 4 is 0 Å². The van der Waals surface area contributed by atoms with E-state index in [9.17, 15) is 0 Å². The number of hydrogen-bond donors (Lipinski definition) is 3. The van der Waals surface area contributed by atoms with Gasteiger partial charge >= 0.3 is 0 Å². The van der Waals surface area contributed by atoms with Crippen LogP contribution in [-0.4, -0.2) is 11.2 Å². The van der Waals surface area contributed by atoms with E-state index in [1.807, 2.05) is 20.8 Å². The third kappa shape index (κ3) is 6.28. The summed E-state index contributed by atoms with van der Waals surface area (Å²) in [4.78, 5) is 0. The van der Waals surface area contributed by atoms with E-state index in [2.05, 4.69) is 0 Å². The molecule has 68 valence electrons. The van der Waals surface area contributed by atoms with Crippen molar-refractivity contribution in [2.45, 2.75) is 51.2 Å². The van der Waals surface area contributed by atoms with E-state index in [0.717, 1.165) is 19.3 Å². The normalized spacial score (nSPS) is 13.6. The summed E-state index contributed by atoms with van der Waals surface area (Å²) in [7, 11) is 0. The lowest BCUT2D eigenvalue weighted by atomic mass is 9.93. The van der Waals surface area contributed by atoms with Gasteiger partial charge in [-0.05, 0) is 33.1 Å². The van der Waals surface area contributed by atoms with Crippen LogP contribution in [0.4, 0.5) is 0 Å². The van der Waals surface area contributed by atoms with Crippen LogP contribution in [-0.2, 0) is 0 Å². The molecule has 0 aliphatic rings. The highest BCUT2D eigenvalue weighted by Crippen LogP contribution is 2.13. The van der Waals surface area contributed by atoms with Gasteiger partial charge in [0.1, 0.15) is 0 Å². The monoisotopic (exact) mass is 159 g/mol. The zero-order valence-electron chi connectivity index (χ0n) is 7.85. The van der Waals surface area contributed by atoms with E-state index >= 15 is 0 Å². The van der Waals surface area contributed by atoms with Gasteiger partial charge in [-0.2, -0.15) is 0 Å². The van der Waals surface area contributed by atoms with Crippen LogP contribution in [0.5, 0.6) is 0 Å². The van der Waals surface area contributed by atoms with Crippen molar-refractivity contribution in [3.8, 4) is 0 Å². The third-order valence-corrected chi connectivity index (χ3v) is 1.89. The van der Waals surface area contributed by atoms with E-state index in [4.69, 9.17) is 17.2 Å². The number of rotatable bonds is 4. The molecule has 3 heteroatoms. The minimum Gasteiger partial charge on any atom is -0.326 e. The molecule has 0 heterocycles. The SMILES string of the molecule is CCC(N)(N)CCC(C)(C)N. The van der Waals surface area contributed by atoms with Crippen molar-refractivity contribution < 1.29 is 0 Å². The van der Waals surface area contributed by atoms with E-state index in [0.29, 0.717) is 0 Å². The molecular weight excluding hydrogens is 138 g/mol. The molecule has 0 aromatic carbocycles. The van der Waals surface area contributed by atoms with Gasteiger partial charge in [-0.1, -0.05) is 6.92 Å². The maximum Gasteiger partial charge on any atom is 0.0634 e. The van der Waals surface area contributed by atoms with Gasteiger partial charge in [0.15, 0.2) is 0 Å². The van der Waals surface area contributed by atoms with Gasteiger partial charge in [0.05, 0.1) is 5.66 Å². The first-order valence-corrected chi connectivity index (χ1v) is 4.13. The van der Waals surface area contributed by atoms with Crippen LogP contribution in [0.1, 0.15) is 40.0 Å². The molecule has 0 saturated carbocycles. The Labute approximate surface area is 69.3 Å². The highest BCUT2D eigenvalue weighted by atomic mass is 14.9. The molecule has 0 amide bonds. The Morgan fingerprint density at radius 3 is 1.73 bits per heavy atom. The fourth-order valence-corrected chi connectivity index (χ4v) is 0.732. The minimum atomic E-state index is -0.531. The van der Waals surface area contributed by atoms with Gasteiger partial charge in [-0.15, -0.1) is 0 Å². The Hall–Kier alpha value is -0.120. The average Bonchev–Trinajstić information content (AvgIpc) is 1.83. The quantitative estimate of drug-likeness (QED) is 0.523. The standard InChI is InChI=1S/C8H21N3/c1-4-8(10,11)6-5-7(2,3)9/h4-6,9-11H2,1-3H3.